The molecule has 0 radical (unpaired) electrons. The van der Waals surface area contributed by atoms with E-state index in [0.717, 1.165) is 57.4 Å². The normalized spacial score (nSPS) is 15.7. The fourth-order valence-electron chi connectivity index (χ4n) is 5.55. The Balaban J connectivity index is 1.68. The van der Waals surface area contributed by atoms with E-state index in [1.807, 2.05) is 31.4 Å². The van der Waals surface area contributed by atoms with Gasteiger partial charge in [0.2, 0.25) is 0 Å². The molecule has 0 bridgehead atoms. The summed E-state index contributed by atoms with van der Waals surface area (Å²) in [6.45, 7) is 8.81. The van der Waals surface area contributed by atoms with Crippen LogP contribution in [0.5, 0.6) is 0 Å². The van der Waals surface area contributed by atoms with Crippen molar-refractivity contribution >= 4 is 39.7 Å². The van der Waals surface area contributed by atoms with Gasteiger partial charge in [-0.05, 0) is 62.9 Å². The van der Waals surface area contributed by atoms with E-state index in [2.05, 4.69) is 27.5 Å². The monoisotopic (exact) mass is 543 g/mol. The summed E-state index contributed by atoms with van der Waals surface area (Å²) in [5, 5.41) is 20.7. The van der Waals surface area contributed by atoms with Gasteiger partial charge in [-0.1, -0.05) is 23.4 Å². The molecule has 39 heavy (non-hydrogen) atoms. The number of hydrogen-bond donors (Lipinski definition) is 1. The summed E-state index contributed by atoms with van der Waals surface area (Å²) in [5.41, 5.74) is 5.44. The molecule has 200 valence electrons. The topological polar surface area (TPSA) is 104 Å². The Hall–Kier alpha value is -3.66. The van der Waals surface area contributed by atoms with Crippen LogP contribution in [0.4, 0.5) is 0 Å². The quantitative estimate of drug-likeness (QED) is 0.309. The summed E-state index contributed by atoms with van der Waals surface area (Å²) in [6, 6.07) is 7.84. The van der Waals surface area contributed by atoms with Crippen molar-refractivity contribution in [3.63, 3.8) is 0 Å². The molecular weight excluding hydrogens is 514 g/mol. The zero-order valence-electron chi connectivity index (χ0n) is 22.2. The van der Waals surface area contributed by atoms with Crippen LogP contribution in [0.3, 0.4) is 0 Å². The van der Waals surface area contributed by atoms with Gasteiger partial charge in [0.25, 0.3) is 0 Å². The van der Waals surface area contributed by atoms with Gasteiger partial charge in [0, 0.05) is 55.4 Å². The number of rotatable bonds is 6. The lowest BCUT2D eigenvalue weighted by Crippen LogP contribution is -2.27. The standard InChI is InChI=1S/C29H30ClN7O2/c1-5-22-26(36(4)35-34-22)18-12-24-25(32-14-18)21-13-19(29(2,3)38)15-33-28(21)37(24)27(17-8-10-39-11-9-17)23-7-6-20(30)16-31-23/h5-7,12-17,27,38H,1,8-11H2,2-4H3. The van der Waals surface area contributed by atoms with E-state index in [1.54, 1.807) is 37.0 Å². The average Bonchev–Trinajstić information content (AvgIpc) is 3.47. The molecule has 0 aliphatic carbocycles. The van der Waals surface area contributed by atoms with Crippen LogP contribution in [0.15, 0.2) is 49.4 Å². The van der Waals surface area contributed by atoms with E-state index in [4.69, 9.17) is 31.3 Å². The van der Waals surface area contributed by atoms with Crippen LogP contribution < -0.4 is 0 Å². The first-order valence-electron chi connectivity index (χ1n) is 13.0. The van der Waals surface area contributed by atoms with Crippen molar-refractivity contribution in [2.75, 3.05) is 13.2 Å². The van der Waals surface area contributed by atoms with Crippen molar-refractivity contribution in [1.29, 1.82) is 0 Å². The van der Waals surface area contributed by atoms with Crippen molar-refractivity contribution in [1.82, 2.24) is 34.5 Å². The van der Waals surface area contributed by atoms with Gasteiger partial charge in [0.1, 0.15) is 11.3 Å². The van der Waals surface area contributed by atoms with Gasteiger partial charge in [-0.3, -0.25) is 9.97 Å². The second kappa shape index (κ2) is 9.82. The van der Waals surface area contributed by atoms with Crippen LogP contribution >= 0.6 is 11.6 Å². The van der Waals surface area contributed by atoms with Crippen molar-refractivity contribution in [3.8, 4) is 11.3 Å². The third-order valence-corrected chi connectivity index (χ3v) is 7.77. The molecule has 6 heterocycles. The highest BCUT2D eigenvalue weighted by molar-refractivity contribution is 6.30. The fourth-order valence-corrected chi connectivity index (χ4v) is 5.66. The maximum absolute atomic E-state index is 10.8. The number of aliphatic hydroxyl groups is 1. The third kappa shape index (κ3) is 4.50. The summed E-state index contributed by atoms with van der Waals surface area (Å²) in [4.78, 5) is 14.6. The maximum atomic E-state index is 10.8. The third-order valence-electron chi connectivity index (χ3n) is 7.55. The molecule has 5 aromatic rings. The minimum absolute atomic E-state index is 0.132. The second-order valence-corrected chi connectivity index (χ2v) is 11.0. The van der Waals surface area contributed by atoms with E-state index in [-0.39, 0.29) is 12.0 Å². The zero-order valence-corrected chi connectivity index (χ0v) is 22.9. The first kappa shape index (κ1) is 25.6. The molecule has 1 aliphatic rings. The van der Waals surface area contributed by atoms with Crippen molar-refractivity contribution in [3.05, 3.63) is 71.4 Å². The summed E-state index contributed by atoms with van der Waals surface area (Å²) >= 11 is 6.24. The molecule has 1 atom stereocenters. The predicted molar refractivity (Wildman–Crippen MR) is 151 cm³/mol. The summed E-state index contributed by atoms with van der Waals surface area (Å²) in [7, 11) is 1.86. The molecule has 1 N–H and O–H groups in total. The largest absolute Gasteiger partial charge is 0.386 e. The highest BCUT2D eigenvalue weighted by Gasteiger charge is 2.32. The minimum atomic E-state index is -1.05. The first-order chi connectivity index (χ1) is 18.8. The molecule has 1 saturated heterocycles. The van der Waals surface area contributed by atoms with Gasteiger partial charge < -0.3 is 14.4 Å². The van der Waals surface area contributed by atoms with Gasteiger partial charge in [0.05, 0.1) is 39.1 Å². The molecule has 0 amide bonds. The first-order valence-corrected chi connectivity index (χ1v) is 13.4. The Morgan fingerprint density at radius 1 is 1.13 bits per heavy atom. The molecule has 1 fully saturated rings. The minimum Gasteiger partial charge on any atom is -0.386 e. The fraction of sp³-hybridized carbons (Fsp3) is 0.345. The Kier molecular flexibility index (Phi) is 6.45. The van der Waals surface area contributed by atoms with Gasteiger partial charge in [0.15, 0.2) is 0 Å². The lowest BCUT2D eigenvalue weighted by atomic mass is 9.89. The molecule has 0 aromatic carbocycles. The number of ether oxygens (including phenoxy) is 1. The Bertz CT molecular complexity index is 1680. The van der Waals surface area contributed by atoms with Crippen LogP contribution in [0.2, 0.25) is 5.02 Å². The van der Waals surface area contributed by atoms with E-state index < -0.39 is 5.60 Å². The smallest absolute Gasteiger partial charge is 0.143 e. The van der Waals surface area contributed by atoms with Crippen molar-refractivity contribution < 1.29 is 9.84 Å². The zero-order chi connectivity index (χ0) is 27.3. The lowest BCUT2D eigenvalue weighted by Gasteiger charge is -2.32. The van der Waals surface area contributed by atoms with E-state index >= 15 is 0 Å². The van der Waals surface area contributed by atoms with Crippen molar-refractivity contribution in [2.24, 2.45) is 13.0 Å². The average molecular weight is 544 g/mol. The van der Waals surface area contributed by atoms with Gasteiger partial charge in [-0.2, -0.15) is 0 Å². The van der Waals surface area contributed by atoms with Gasteiger partial charge >= 0.3 is 0 Å². The number of aryl methyl sites for hydroxylation is 1. The predicted octanol–water partition coefficient (Wildman–Crippen LogP) is 5.31. The van der Waals surface area contributed by atoms with Gasteiger partial charge in [-0.15, -0.1) is 5.10 Å². The van der Waals surface area contributed by atoms with E-state index in [0.29, 0.717) is 23.9 Å². The molecule has 6 rings (SSSR count). The summed E-state index contributed by atoms with van der Waals surface area (Å²) < 4.78 is 9.70. The van der Waals surface area contributed by atoms with E-state index in [9.17, 15) is 5.11 Å². The Morgan fingerprint density at radius 2 is 1.92 bits per heavy atom. The van der Waals surface area contributed by atoms with Crippen LogP contribution in [0, 0.1) is 5.92 Å². The summed E-state index contributed by atoms with van der Waals surface area (Å²) in [5.74, 6) is 0.257. The number of pyridine rings is 3. The Morgan fingerprint density at radius 3 is 2.62 bits per heavy atom. The highest BCUT2D eigenvalue weighted by Crippen LogP contribution is 2.41. The number of aromatic nitrogens is 7. The highest BCUT2D eigenvalue weighted by atomic mass is 35.5. The van der Waals surface area contributed by atoms with Crippen molar-refractivity contribution in [2.45, 2.75) is 38.3 Å². The lowest BCUT2D eigenvalue weighted by molar-refractivity contribution is 0.0547. The molecule has 5 aromatic heterocycles. The van der Waals surface area contributed by atoms with E-state index in [1.165, 1.54) is 0 Å². The molecule has 0 spiro atoms. The van der Waals surface area contributed by atoms with Crippen LogP contribution in [-0.4, -0.2) is 52.8 Å². The maximum Gasteiger partial charge on any atom is 0.143 e. The molecular formula is C29H30ClN7O2. The molecule has 0 saturated carbocycles. The Labute approximate surface area is 231 Å². The molecule has 1 unspecified atom stereocenters. The number of fused-ring (bicyclic) bond motifs is 3. The number of nitrogens with zero attached hydrogens (tertiary/aromatic N) is 7. The van der Waals surface area contributed by atoms with Crippen LogP contribution in [0.25, 0.3) is 39.4 Å². The SMILES string of the molecule is C=Cc1nnn(C)c1-c1cnc2c3cc(C(C)(C)O)cnc3n(C(c3ccc(Cl)cn3)C3CCOCC3)c2c1. The van der Waals surface area contributed by atoms with Gasteiger partial charge in [-0.25, -0.2) is 9.67 Å². The summed E-state index contributed by atoms with van der Waals surface area (Å²) in [6.07, 6.45) is 8.74. The number of hydrogen-bond acceptors (Lipinski definition) is 7. The molecule has 9 nitrogen and oxygen atoms in total. The molecule has 10 heteroatoms. The van der Waals surface area contributed by atoms with Crippen LogP contribution in [0.1, 0.15) is 49.7 Å². The van der Waals surface area contributed by atoms with Crippen LogP contribution in [-0.2, 0) is 17.4 Å². The second-order valence-electron chi connectivity index (χ2n) is 10.6. The molecule has 1 aliphatic heterocycles. The number of halogens is 1.